The quantitative estimate of drug-likeness (QED) is 0.305. The van der Waals surface area contributed by atoms with Gasteiger partial charge in [0.2, 0.25) is 0 Å². The van der Waals surface area contributed by atoms with E-state index in [0.29, 0.717) is 11.0 Å². The summed E-state index contributed by atoms with van der Waals surface area (Å²) in [6.07, 6.45) is 3.11. The van der Waals surface area contributed by atoms with Crippen molar-refractivity contribution in [1.29, 1.82) is 0 Å². The van der Waals surface area contributed by atoms with Crippen LogP contribution in [0.4, 0.5) is 5.69 Å². The van der Waals surface area contributed by atoms with E-state index in [-0.39, 0.29) is 11.3 Å². The summed E-state index contributed by atoms with van der Waals surface area (Å²) in [6.45, 7) is 6.11. The standard InChI is InChI=1S/C22H20BrNO3/c1-3-24(4-2)18-9-5-15(6-10-18)7-11-20(25)19-14-16-13-17(23)8-12-21(16)27-22(19)26/h5-14H,3-4H2,1-2H3/b11-7+. The Balaban J connectivity index is 1.83. The highest BCUT2D eigenvalue weighted by atomic mass is 79.9. The third-order valence-electron chi connectivity index (χ3n) is 4.41. The summed E-state index contributed by atoms with van der Waals surface area (Å²) in [5, 5.41) is 0.698. The summed E-state index contributed by atoms with van der Waals surface area (Å²) in [6, 6.07) is 14.8. The van der Waals surface area contributed by atoms with Crippen molar-refractivity contribution in [2.24, 2.45) is 0 Å². The van der Waals surface area contributed by atoms with Crippen LogP contribution >= 0.6 is 15.9 Å². The van der Waals surface area contributed by atoms with Gasteiger partial charge in [-0.2, -0.15) is 0 Å². The van der Waals surface area contributed by atoms with E-state index in [1.165, 1.54) is 6.08 Å². The average molecular weight is 426 g/mol. The fraction of sp³-hybridized carbons (Fsp3) is 0.182. The number of hydrogen-bond donors (Lipinski definition) is 0. The Labute approximate surface area is 166 Å². The van der Waals surface area contributed by atoms with Crippen LogP contribution < -0.4 is 10.5 Å². The Kier molecular flexibility index (Phi) is 5.91. The molecule has 0 fully saturated rings. The summed E-state index contributed by atoms with van der Waals surface area (Å²) in [4.78, 5) is 26.8. The summed E-state index contributed by atoms with van der Waals surface area (Å²) in [7, 11) is 0. The first kappa shape index (κ1) is 19.1. The van der Waals surface area contributed by atoms with Crippen LogP contribution in [0.15, 0.2) is 68.3 Å². The van der Waals surface area contributed by atoms with Crippen LogP contribution in [0.25, 0.3) is 17.0 Å². The lowest BCUT2D eigenvalue weighted by atomic mass is 10.1. The molecule has 0 bridgehead atoms. The van der Waals surface area contributed by atoms with Crippen molar-refractivity contribution in [3.63, 3.8) is 0 Å². The lowest BCUT2D eigenvalue weighted by Crippen LogP contribution is -2.21. The highest BCUT2D eigenvalue weighted by Crippen LogP contribution is 2.20. The van der Waals surface area contributed by atoms with Gasteiger partial charge in [-0.25, -0.2) is 4.79 Å². The molecule has 5 heteroatoms. The molecule has 0 radical (unpaired) electrons. The van der Waals surface area contributed by atoms with Gasteiger partial charge in [0.15, 0.2) is 5.78 Å². The smallest absolute Gasteiger partial charge is 0.347 e. The molecule has 1 heterocycles. The Hall–Kier alpha value is -2.66. The molecule has 0 aliphatic carbocycles. The second-order valence-electron chi connectivity index (χ2n) is 6.09. The molecule has 3 aromatic rings. The van der Waals surface area contributed by atoms with Crippen LogP contribution in [-0.4, -0.2) is 18.9 Å². The van der Waals surface area contributed by atoms with E-state index in [0.717, 1.165) is 28.8 Å². The first-order valence-corrected chi connectivity index (χ1v) is 9.62. The van der Waals surface area contributed by atoms with Gasteiger partial charge in [-0.1, -0.05) is 34.1 Å². The lowest BCUT2D eigenvalue weighted by Gasteiger charge is -2.20. The summed E-state index contributed by atoms with van der Waals surface area (Å²) < 4.78 is 6.10. The average Bonchev–Trinajstić information content (AvgIpc) is 2.68. The van der Waals surface area contributed by atoms with Gasteiger partial charge in [0.1, 0.15) is 11.1 Å². The Morgan fingerprint density at radius 1 is 1.07 bits per heavy atom. The van der Waals surface area contributed by atoms with Crippen LogP contribution in [0.2, 0.25) is 0 Å². The van der Waals surface area contributed by atoms with Crippen molar-refractivity contribution >= 4 is 44.4 Å². The monoisotopic (exact) mass is 425 g/mol. The van der Waals surface area contributed by atoms with E-state index in [9.17, 15) is 9.59 Å². The zero-order valence-corrected chi connectivity index (χ0v) is 16.8. The number of anilines is 1. The van der Waals surface area contributed by atoms with E-state index in [2.05, 4.69) is 34.7 Å². The minimum Gasteiger partial charge on any atom is -0.422 e. The van der Waals surface area contributed by atoms with Gasteiger partial charge in [0, 0.05) is 28.6 Å². The number of ketones is 1. The molecule has 138 valence electrons. The second-order valence-corrected chi connectivity index (χ2v) is 7.01. The molecule has 0 aliphatic heterocycles. The SMILES string of the molecule is CCN(CC)c1ccc(/C=C/C(=O)c2cc3cc(Br)ccc3oc2=O)cc1. The molecule has 0 aliphatic rings. The minimum absolute atomic E-state index is 0.0246. The van der Waals surface area contributed by atoms with Crippen molar-refractivity contribution in [3.8, 4) is 0 Å². The van der Waals surface area contributed by atoms with E-state index in [4.69, 9.17) is 4.42 Å². The number of rotatable bonds is 6. The molecule has 3 rings (SSSR count). The fourth-order valence-corrected chi connectivity index (χ4v) is 3.29. The van der Waals surface area contributed by atoms with Crippen LogP contribution in [-0.2, 0) is 0 Å². The number of carbonyl (C=O) groups excluding carboxylic acids is 1. The molecule has 1 aromatic heterocycles. The third kappa shape index (κ3) is 4.37. The number of benzene rings is 2. The summed E-state index contributed by atoms with van der Waals surface area (Å²) in [5.74, 6) is -0.376. The molecule has 0 amide bonds. The fourth-order valence-electron chi connectivity index (χ4n) is 2.91. The van der Waals surface area contributed by atoms with Gasteiger partial charge >= 0.3 is 5.63 Å². The van der Waals surface area contributed by atoms with E-state index in [1.54, 1.807) is 24.3 Å². The molecule has 2 aromatic carbocycles. The van der Waals surface area contributed by atoms with E-state index >= 15 is 0 Å². The molecule has 0 saturated carbocycles. The molecule has 0 unspecified atom stereocenters. The summed E-state index contributed by atoms with van der Waals surface area (Å²) >= 11 is 3.38. The topological polar surface area (TPSA) is 50.5 Å². The van der Waals surface area contributed by atoms with Crippen LogP contribution in [0.3, 0.4) is 0 Å². The number of hydrogen-bond acceptors (Lipinski definition) is 4. The minimum atomic E-state index is -0.628. The van der Waals surface area contributed by atoms with Crippen molar-refractivity contribution in [1.82, 2.24) is 0 Å². The maximum Gasteiger partial charge on any atom is 0.347 e. The van der Waals surface area contributed by atoms with Gasteiger partial charge in [0.25, 0.3) is 0 Å². The van der Waals surface area contributed by atoms with E-state index in [1.807, 2.05) is 30.3 Å². The van der Waals surface area contributed by atoms with Gasteiger partial charge < -0.3 is 9.32 Å². The first-order chi connectivity index (χ1) is 13.0. The van der Waals surface area contributed by atoms with Crippen LogP contribution in [0.5, 0.6) is 0 Å². The maximum atomic E-state index is 12.5. The van der Waals surface area contributed by atoms with Gasteiger partial charge in [-0.3, -0.25) is 4.79 Å². The normalized spacial score (nSPS) is 11.2. The largest absolute Gasteiger partial charge is 0.422 e. The van der Waals surface area contributed by atoms with Crippen LogP contribution in [0, 0.1) is 0 Å². The number of nitrogens with zero attached hydrogens (tertiary/aromatic N) is 1. The molecule has 0 N–H and O–H groups in total. The van der Waals surface area contributed by atoms with Gasteiger partial charge in [-0.05, 0) is 61.9 Å². The number of allylic oxidation sites excluding steroid dienone is 1. The summed E-state index contributed by atoms with van der Waals surface area (Å²) in [5.41, 5.74) is 1.89. The Morgan fingerprint density at radius 2 is 1.78 bits per heavy atom. The zero-order chi connectivity index (χ0) is 19.4. The predicted octanol–water partition coefficient (Wildman–Crippen LogP) is 5.30. The molecule has 0 atom stereocenters. The van der Waals surface area contributed by atoms with Crippen LogP contribution in [0.1, 0.15) is 29.8 Å². The van der Waals surface area contributed by atoms with Gasteiger partial charge in [-0.15, -0.1) is 0 Å². The van der Waals surface area contributed by atoms with Crippen molar-refractivity contribution in [2.75, 3.05) is 18.0 Å². The third-order valence-corrected chi connectivity index (χ3v) is 4.90. The zero-order valence-electron chi connectivity index (χ0n) is 15.2. The van der Waals surface area contributed by atoms with Crippen molar-refractivity contribution in [3.05, 3.63) is 80.6 Å². The second kappa shape index (κ2) is 8.35. The van der Waals surface area contributed by atoms with Gasteiger partial charge in [0.05, 0.1) is 0 Å². The van der Waals surface area contributed by atoms with Crippen molar-refractivity contribution < 1.29 is 9.21 Å². The molecular formula is C22H20BrNO3. The highest BCUT2D eigenvalue weighted by molar-refractivity contribution is 9.10. The lowest BCUT2D eigenvalue weighted by molar-refractivity contribution is 0.104. The Morgan fingerprint density at radius 3 is 2.44 bits per heavy atom. The first-order valence-electron chi connectivity index (χ1n) is 8.82. The molecule has 0 spiro atoms. The predicted molar refractivity (Wildman–Crippen MR) is 114 cm³/mol. The van der Waals surface area contributed by atoms with Crippen molar-refractivity contribution in [2.45, 2.75) is 13.8 Å². The molecular weight excluding hydrogens is 406 g/mol. The highest BCUT2D eigenvalue weighted by Gasteiger charge is 2.11. The molecule has 4 nitrogen and oxygen atoms in total. The number of carbonyl (C=O) groups is 1. The Bertz CT molecular complexity index is 1050. The van der Waals surface area contributed by atoms with E-state index < -0.39 is 5.63 Å². The molecule has 0 saturated heterocycles. The molecule has 27 heavy (non-hydrogen) atoms. The number of halogens is 1. The number of fused-ring (bicyclic) bond motifs is 1. The maximum absolute atomic E-state index is 12.5.